The zero-order valence-corrected chi connectivity index (χ0v) is 10.3. The number of fused-ring (bicyclic) bond motifs is 1. The topological polar surface area (TPSA) is 39.1 Å². The Labute approximate surface area is 97.0 Å². The molecule has 16 heavy (non-hydrogen) atoms. The quantitative estimate of drug-likeness (QED) is 0.813. The van der Waals surface area contributed by atoms with Gasteiger partial charge in [-0.3, -0.25) is 0 Å². The summed E-state index contributed by atoms with van der Waals surface area (Å²) in [4.78, 5) is 4.74. The summed E-state index contributed by atoms with van der Waals surface area (Å²) < 4.78 is 7.54. The van der Waals surface area contributed by atoms with Crippen molar-refractivity contribution in [1.29, 1.82) is 0 Å². The van der Waals surface area contributed by atoms with E-state index in [1.54, 1.807) is 7.11 Å². The largest absolute Gasteiger partial charge is 0.383 e. The predicted molar refractivity (Wildman–Crippen MR) is 63.5 cm³/mol. The van der Waals surface area contributed by atoms with Gasteiger partial charge in [0.1, 0.15) is 5.82 Å². The average molecular weight is 223 g/mol. The van der Waals surface area contributed by atoms with Crippen molar-refractivity contribution in [1.82, 2.24) is 14.9 Å². The molecule has 90 valence electrons. The lowest BCUT2D eigenvalue weighted by Gasteiger charge is -2.15. The molecule has 4 heteroatoms. The van der Waals surface area contributed by atoms with Crippen molar-refractivity contribution in [3.8, 4) is 0 Å². The van der Waals surface area contributed by atoms with Crippen molar-refractivity contribution >= 4 is 0 Å². The minimum Gasteiger partial charge on any atom is -0.383 e. The maximum atomic E-state index is 5.18. The van der Waals surface area contributed by atoms with Gasteiger partial charge in [-0.1, -0.05) is 6.92 Å². The summed E-state index contributed by atoms with van der Waals surface area (Å²) in [6, 6.07) is 0. The highest BCUT2D eigenvalue weighted by atomic mass is 16.5. The Morgan fingerprint density at radius 1 is 1.50 bits per heavy atom. The van der Waals surface area contributed by atoms with Crippen molar-refractivity contribution in [2.45, 2.75) is 39.3 Å². The van der Waals surface area contributed by atoms with Crippen molar-refractivity contribution in [3.05, 3.63) is 17.2 Å². The molecule has 0 amide bonds. The fraction of sp³-hybridized carbons (Fsp3) is 0.750. The van der Waals surface area contributed by atoms with Crippen LogP contribution in [0.5, 0.6) is 0 Å². The third-order valence-corrected chi connectivity index (χ3v) is 3.06. The summed E-state index contributed by atoms with van der Waals surface area (Å²) in [7, 11) is 1.75. The van der Waals surface area contributed by atoms with Gasteiger partial charge in [-0.2, -0.15) is 0 Å². The van der Waals surface area contributed by atoms with Crippen LogP contribution in [-0.2, 0) is 30.7 Å². The normalized spacial score (nSPS) is 15.1. The van der Waals surface area contributed by atoms with Crippen LogP contribution in [0.3, 0.4) is 0 Å². The van der Waals surface area contributed by atoms with Crippen molar-refractivity contribution in [2.75, 3.05) is 20.3 Å². The highest BCUT2D eigenvalue weighted by Gasteiger charge is 2.18. The Kier molecular flexibility index (Phi) is 3.96. The minimum absolute atomic E-state index is 0.771. The SMILES string of the molecule is CCCc1nc2c(n1CCOC)CCNC2. The second-order valence-corrected chi connectivity index (χ2v) is 4.24. The summed E-state index contributed by atoms with van der Waals surface area (Å²) in [5, 5.41) is 3.37. The molecule has 1 aliphatic rings. The van der Waals surface area contributed by atoms with Gasteiger partial charge in [0.05, 0.1) is 12.3 Å². The van der Waals surface area contributed by atoms with Crippen LogP contribution < -0.4 is 5.32 Å². The lowest BCUT2D eigenvalue weighted by atomic mass is 10.2. The number of hydrogen-bond donors (Lipinski definition) is 1. The number of methoxy groups -OCH3 is 1. The first-order chi connectivity index (χ1) is 7.86. The van der Waals surface area contributed by atoms with Gasteiger partial charge < -0.3 is 14.6 Å². The number of aryl methyl sites for hydroxylation is 1. The third kappa shape index (κ3) is 2.28. The van der Waals surface area contributed by atoms with Crippen molar-refractivity contribution in [3.63, 3.8) is 0 Å². The van der Waals surface area contributed by atoms with E-state index in [0.717, 1.165) is 45.5 Å². The first-order valence-electron chi connectivity index (χ1n) is 6.13. The summed E-state index contributed by atoms with van der Waals surface area (Å²) in [5.74, 6) is 1.23. The Balaban J connectivity index is 2.24. The molecule has 0 spiro atoms. The Hall–Kier alpha value is -0.870. The highest BCUT2D eigenvalue weighted by Crippen LogP contribution is 2.17. The lowest BCUT2D eigenvalue weighted by Crippen LogP contribution is -2.25. The molecular formula is C12H21N3O. The smallest absolute Gasteiger partial charge is 0.109 e. The lowest BCUT2D eigenvalue weighted by molar-refractivity contribution is 0.185. The van der Waals surface area contributed by atoms with Crippen LogP contribution in [0.25, 0.3) is 0 Å². The molecule has 0 unspecified atom stereocenters. The van der Waals surface area contributed by atoms with Gasteiger partial charge in [0.15, 0.2) is 0 Å². The van der Waals surface area contributed by atoms with Gasteiger partial charge in [0, 0.05) is 45.3 Å². The molecule has 0 atom stereocenters. The number of nitrogens with zero attached hydrogens (tertiary/aromatic N) is 2. The molecule has 1 N–H and O–H groups in total. The highest BCUT2D eigenvalue weighted by molar-refractivity contribution is 5.20. The second-order valence-electron chi connectivity index (χ2n) is 4.24. The van der Waals surface area contributed by atoms with Gasteiger partial charge in [0.2, 0.25) is 0 Å². The van der Waals surface area contributed by atoms with Gasteiger partial charge in [-0.25, -0.2) is 4.98 Å². The van der Waals surface area contributed by atoms with E-state index in [2.05, 4.69) is 16.8 Å². The fourth-order valence-corrected chi connectivity index (χ4v) is 2.29. The number of nitrogens with one attached hydrogen (secondary N) is 1. The summed E-state index contributed by atoms with van der Waals surface area (Å²) in [6.07, 6.45) is 3.31. The van der Waals surface area contributed by atoms with Gasteiger partial charge in [-0.05, 0) is 6.42 Å². The van der Waals surface area contributed by atoms with Crippen LogP contribution in [0.1, 0.15) is 30.6 Å². The molecule has 0 radical (unpaired) electrons. The summed E-state index contributed by atoms with van der Waals surface area (Å²) >= 11 is 0. The molecule has 0 saturated heterocycles. The van der Waals surface area contributed by atoms with E-state index in [-0.39, 0.29) is 0 Å². The first kappa shape index (κ1) is 11.6. The fourth-order valence-electron chi connectivity index (χ4n) is 2.29. The minimum atomic E-state index is 0.771. The average Bonchev–Trinajstić information content (AvgIpc) is 2.65. The molecule has 2 heterocycles. The molecule has 2 rings (SSSR count). The van der Waals surface area contributed by atoms with Crippen LogP contribution in [0.2, 0.25) is 0 Å². The summed E-state index contributed by atoms with van der Waals surface area (Å²) in [5.41, 5.74) is 2.66. The van der Waals surface area contributed by atoms with Crippen LogP contribution in [-0.4, -0.2) is 29.8 Å². The monoisotopic (exact) mass is 223 g/mol. The van der Waals surface area contributed by atoms with Gasteiger partial charge >= 0.3 is 0 Å². The molecule has 0 aromatic carbocycles. The predicted octanol–water partition coefficient (Wildman–Crippen LogP) is 1.13. The van der Waals surface area contributed by atoms with Crippen LogP contribution in [0.15, 0.2) is 0 Å². The van der Waals surface area contributed by atoms with E-state index < -0.39 is 0 Å². The molecule has 4 nitrogen and oxygen atoms in total. The van der Waals surface area contributed by atoms with Crippen LogP contribution in [0.4, 0.5) is 0 Å². The maximum Gasteiger partial charge on any atom is 0.109 e. The van der Waals surface area contributed by atoms with Gasteiger partial charge in [0.25, 0.3) is 0 Å². The van der Waals surface area contributed by atoms with E-state index in [9.17, 15) is 0 Å². The Bertz CT molecular complexity index is 346. The molecule has 1 aliphatic heterocycles. The van der Waals surface area contributed by atoms with Crippen LogP contribution >= 0.6 is 0 Å². The Morgan fingerprint density at radius 2 is 2.38 bits per heavy atom. The van der Waals surface area contributed by atoms with E-state index in [0.29, 0.717) is 0 Å². The van der Waals surface area contributed by atoms with Crippen molar-refractivity contribution < 1.29 is 4.74 Å². The number of imidazole rings is 1. The Morgan fingerprint density at radius 3 is 3.12 bits per heavy atom. The van der Waals surface area contributed by atoms with E-state index >= 15 is 0 Å². The van der Waals surface area contributed by atoms with E-state index in [1.165, 1.54) is 17.2 Å². The first-order valence-corrected chi connectivity index (χ1v) is 6.13. The maximum absolute atomic E-state index is 5.18. The standard InChI is InChI=1S/C12H21N3O/c1-3-4-12-14-10-9-13-6-5-11(10)15(12)7-8-16-2/h13H,3-9H2,1-2H3. The molecule has 0 aliphatic carbocycles. The molecule has 0 fully saturated rings. The van der Waals surface area contributed by atoms with E-state index in [1.807, 2.05) is 0 Å². The molecule has 1 aromatic heterocycles. The third-order valence-electron chi connectivity index (χ3n) is 3.06. The number of aromatic nitrogens is 2. The van der Waals surface area contributed by atoms with E-state index in [4.69, 9.17) is 9.72 Å². The number of hydrogen-bond acceptors (Lipinski definition) is 3. The zero-order chi connectivity index (χ0) is 11.4. The van der Waals surface area contributed by atoms with Gasteiger partial charge in [-0.15, -0.1) is 0 Å². The summed E-state index contributed by atoms with van der Waals surface area (Å²) in [6.45, 7) is 5.90. The second kappa shape index (κ2) is 5.46. The number of ether oxygens (including phenoxy) is 1. The molecular weight excluding hydrogens is 202 g/mol. The van der Waals surface area contributed by atoms with Crippen molar-refractivity contribution in [2.24, 2.45) is 0 Å². The molecule has 1 aromatic rings. The molecule has 0 saturated carbocycles. The zero-order valence-electron chi connectivity index (χ0n) is 10.3. The molecule has 0 bridgehead atoms. The number of rotatable bonds is 5. The van der Waals surface area contributed by atoms with Crippen LogP contribution in [0, 0.1) is 0 Å².